The van der Waals surface area contributed by atoms with Crippen molar-refractivity contribution in [1.29, 1.82) is 0 Å². The Balaban J connectivity index is 1.25. The third-order valence-corrected chi connectivity index (χ3v) is 8.82. The number of ether oxygens (including phenoxy) is 1. The fourth-order valence-corrected chi connectivity index (χ4v) is 6.47. The molecule has 0 spiro atoms. The second-order valence-electron chi connectivity index (χ2n) is 11.9. The molecule has 3 N–H and O–H groups in total. The molecule has 0 radical (unpaired) electrons. The summed E-state index contributed by atoms with van der Waals surface area (Å²) in [6, 6.07) is 14.1. The van der Waals surface area contributed by atoms with E-state index in [9.17, 15) is 9.59 Å². The number of carboxylic acid groups (broad SMARTS) is 1. The number of aromatic amines is 1. The number of imidazole rings is 1. The summed E-state index contributed by atoms with van der Waals surface area (Å²) in [4.78, 5) is 38.9. The Hall–Kier alpha value is -5.03. The summed E-state index contributed by atoms with van der Waals surface area (Å²) in [7, 11) is 0. The van der Waals surface area contributed by atoms with E-state index in [1.807, 2.05) is 41.8 Å². The lowest BCUT2D eigenvalue weighted by atomic mass is 9.95. The van der Waals surface area contributed by atoms with Crippen molar-refractivity contribution in [1.82, 2.24) is 34.9 Å². The van der Waals surface area contributed by atoms with Crippen LogP contribution in [0.2, 0.25) is 0 Å². The fourth-order valence-electron chi connectivity index (χ4n) is 6.47. The maximum Gasteiger partial charge on any atom is 0.404 e. The molecule has 7 rings (SSSR count). The van der Waals surface area contributed by atoms with Crippen LogP contribution in [0.3, 0.4) is 0 Å². The van der Waals surface area contributed by atoms with Gasteiger partial charge in [-0.05, 0) is 79.5 Å². The van der Waals surface area contributed by atoms with Gasteiger partial charge in [-0.25, -0.2) is 14.5 Å². The fraction of sp³-hybridized carbons (Fsp3) is 0.324. The number of rotatable bonds is 7. The summed E-state index contributed by atoms with van der Waals surface area (Å²) in [5, 5.41) is 17.6. The van der Waals surface area contributed by atoms with E-state index in [4.69, 9.17) is 14.9 Å². The first kappa shape index (κ1) is 28.7. The van der Waals surface area contributed by atoms with Crippen molar-refractivity contribution in [2.45, 2.75) is 64.9 Å². The topological polar surface area (TPSA) is 138 Å². The number of amides is 2. The van der Waals surface area contributed by atoms with E-state index in [2.05, 4.69) is 50.6 Å². The van der Waals surface area contributed by atoms with Crippen LogP contribution in [-0.4, -0.2) is 59.4 Å². The highest BCUT2D eigenvalue weighted by Gasteiger charge is 2.27. The Morgan fingerprint density at radius 1 is 1.11 bits per heavy atom. The van der Waals surface area contributed by atoms with Gasteiger partial charge in [0, 0.05) is 49.1 Å². The number of carbonyl (C=O) groups is 2. The highest BCUT2D eigenvalue weighted by atomic mass is 16.5. The second kappa shape index (κ2) is 11.8. The molecule has 45 heavy (non-hydrogen) atoms. The zero-order valence-corrected chi connectivity index (χ0v) is 25.3. The first-order chi connectivity index (χ1) is 21.9. The molecule has 2 atom stereocenters. The summed E-state index contributed by atoms with van der Waals surface area (Å²) < 4.78 is 8.07. The number of nitrogens with one attached hydrogen (secondary N) is 2. The molecule has 11 heteroatoms. The lowest BCUT2D eigenvalue weighted by molar-refractivity contribution is -0.0365. The van der Waals surface area contributed by atoms with Gasteiger partial charge in [0.05, 0.1) is 11.7 Å². The van der Waals surface area contributed by atoms with Crippen molar-refractivity contribution in [3.63, 3.8) is 0 Å². The average Bonchev–Trinajstić information content (AvgIpc) is 3.78. The molecule has 2 unspecified atom stereocenters. The number of hydrogen-bond donors (Lipinski definition) is 3. The van der Waals surface area contributed by atoms with Gasteiger partial charge in [-0.15, -0.1) is 0 Å². The molecular formula is C34H35N7O4. The Labute approximate surface area is 260 Å². The smallest absolute Gasteiger partial charge is 0.404 e. The molecule has 5 heterocycles. The van der Waals surface area contributed by atoms with Crippen LogP contribution in [0.15, 0.2) is 61.1 Å². The standard InChI is InChI=1S/C34H35N7O4/c1-20(37-34(43)44)13-25-15-35-16-27(21(25)2)22-10-11-29-26(14-22)31(39-41(29)30-9-5-6-12-45-30)32-36-17-28(38-32)33(42)40-18-23-7-3-4-8-24(23)19-40/h3-4,7-8,10-11,14-17,20,30,37H,5-6,9,12-13,18-19H2,1-2H3,(H,36,38)(H,43,44). The normalized spacial score (nSPS) is 16.9. The van der Waals surface area contributed by atoms with Crippen molar-refractivity contribution in [2.75, 3.05) is 6.61 Å². The van der Waals surface area contributed by atoms with Gasteiger partial charge in [0.1, 0.15) is 11.4 Å². The second-order valence-corrected chi connectivity index (χ2v) is 11.9. The van der Waals surface area contributed by atoms with Gasteiger partial charge in [-0.3, -0.25) is 9.78 Å². The number of H-pyrrole nitrogens is 1. The highest BCUT2D eigenvalue weighted by Crippen LogP contribution is 2.36. The first-order valence-electron chi connectivity index (χ1n) is 15.3. The summed E-state index contributed by atoms with van der Waals surface area (Å²) in [5.41, 5.74) is 8.22. The van der Waals surface area contributed by atoms with Crippen LogP contribution < -0.4 is 5.32 Å². The number of benzene rings is 2. The van der Waals surface area contributed by atoms with Gasteiger partial charge in [0.15, 0.2) is 12.1 Å². The zero-order valence-electron chi connectivity index (χ0n) is 25.3. The SMILES string of the molecule is Cc1c(CC(C)NC(=O)O)cncc1-c1ccc2c(c1)c(-c1ncc(C(=O)N3Cc4ccccc4C3)[nH]1)nn2C1CCCCO1. The number of pyridine rings is 1. The molecule has 0 saturated carbocycles. The molecule has 5 aromatic rings. The van der Waals surface area contributed by atoms with Crippen molar-refractivity contribution in [3.8, 4) is 22.6 Å². The van der Waals surface area contributed by atoms with Crippen LogP contribution in [0, 0.1) is 6.92 Å². The minimum atomic E-state index is -1.05. The molecule has 230 valence electrons. The average molecular weight is 606 g/mol. The van der Waals surface area contributed by atoms with Crippen molar-refractivity contribution in [2.24, 2.45) is 0 Å². The molecule has 2 aliphatic rings. The van der Waals surface area contributed by atoms with Crippen molar-refractivity contribution >= 4 is 22.9 Å². The van der Waals surface area contributed by atoms with Crippen LogP contribution in [0.5, 0.6) is 0 Å². The minimum Gasteiger partial charge on any atom is -0.465 e. The molecule has 2 aliphatic heterocycles. The number of carbonyl (C=O) groups excluding carboxylic acids is 1. The highest BCUT2D eigenvalue weighted by molar-refractivity contribution is 5.97. The molecule has 1 saturated heterocycles. The summed E-state index contributed by atoms with van der Waals surface area (Å²) in [5.74, 6) is 0.416. The predicted octanol–water partition coefficient (Wildman–Crippen LogP) is 5.85. The number of nitrogens with zero attached hydrogens (tertiary/aromatic N) is 5. The van der Waals surface area contributed by atoms with Crippen LogP contribution >= 0.6 is 0 Å². The van der Waals surface area contributed by atoms with E-state index in [1.165, 1.54) is 0 Å². The minimum absolute atomic E-state index is 0.102. The molecule has 2 aromatic carbocycles. The Morgan fingerprint density at radius 2 is 1.91 bits per heavy atom. The van der Waals surface area contributed by atoms with Crippen LogP contribution in [0.4, 0.5) is 4.79 Å². The number of hydrogen-bond acceptors (Lipinski definition) is 6. The Bertz CT molecular complexity index is 1880. The predicted molar refractivity (Wildman–Crippen MR) is 168 cm³/mol. The molecular weight excluding hydrogens is 570 g/mol. The number of fused-ring (bicyclic) bond motifs is 2. The van der Waals surface area contributed by atoms with E-state index in [-0.39, 0.29) is 18.2 Å². The molecule has 1 fully saturated rings. The molecule has 2 amide bonds. The van der Waals surface area contributed by atoms with E-state index in [0.717, 1.165) is 63.5 Å². The van der Waals surface area contributed by atoms with E-state index in [0.29, 0.717) is 43.3 Å². The lowest BCUT2D eigenvalue weighted by Crippen LogP contribution is -2.32. The summed E-state index contributed by atoms with van der Waals surface area (Å²) in [6.45, 7) is 5.70. The third kappa shape index (κ3) is 5.55. The van der Waals surface area contributed by atoms with E-state index in [1.54, 1.807) is 12.4 Å². The van der Waals surface area contributed by atoms with Crippen LogP contribution in [0.1, 0.15) is 65.2 Å². The first-order valence-corrected chi connectivity index (χ1v) is 15.3. The third-order valence-electron chi connectivity index (χ3n) is 8.82. The van der Waals surface area contributed by atoms with Gasteiger partial charge in [0.25, 0.3) is 5.91 Å². The molecule has 0 aliphatic carbocycles. The quantitative estimate of drug-likeness (QED) is 0.212. The van der Waals surface area contributed by atoms with Gasteiger partial charge in [-0.1, -0.05) is 30.3 Å². The van der Waals surface area contributed by atoms with Crippen molar-refractivity contribution < 1.29 is 19.4 Å². The van der Waals surface area contributed by atoms with E-state index >= 15 is 0 Å². The van der Waals surface area contributed by atoms with Gasteiger partial charge in [-0.2, -0.15) is 5.10 Å². The van der Waals surface area contributed by atoms with Gasteiger partial charge >= 0.3 is 6.09 Å². The number of aromatic nitrogens is 5. The van der Waals surface area contributed by atoms with Gasteiger partial charge in [0.2, 0.25) is 0 Å². The van der Waals surface area contributed by atoms with Crippen LogP contribution in [0.25, 0.3) is 33.5 Å². The molecule has 3 aromatic heterocycles. The van der Waals surface area contributed by atoms with Crippen LogP contribution in [-0.2, 0) is 24.2 Å². The lowest BCUT2D eigenvalue weighted by Gasteiger charge is -2.23. The maximum absolute atomic E-state index is 13.5. The monoisotopic (exact) mass is 605 g/mol. The Morgan fingerprint density at radius 3 is 2.64 bits per heavy atom. The summed E-state index contributed by atoms with van der Waals surface area (Å²) in [6.07, 6.45) is 7.46. The zero-order chi connectivity index (χ0) is 31.1. The summed E-state index contributed by atoms with van der Waals surface area (Å²) >= 11 is 0. The van der Waals surface area contributed by atoms with Gasteiger partial charge < -0.3 is 25.0 Å². The Kier molecular flexibility index (Phi) is 7.54. The largest absolute Gasteiger partial charge is 0.465 e. The molecule has 11 nitrogen and oxygen atoms in total. The molecule has 0 bridgehead atoms. The maximum atomic E-state index is 13.5. The van der Waals surface area contributed by atoms with Crippen molar-refractivity contribution in [3.05, 3.63) is 89.0 Å². The van der Waals surface area contributed by atoms with E-state index < -0.39 is 6.09 Å².